The van der Waals surface area contributed by atoms with E-state index in [0.29, 0.717) is 22.0 Å². The first-order chi connectivity index (χ1) is 12.0. The molecule has 0 spiro atoms. The molecule has 0 saturated heterocycles. The third-order valence-corrected chi connectivity index (χ3v) is 4.25. The van der Waals surface area contributed by atoms with E-state index in [4.69, 9.17) is 11.6 Å². The number of anilines is 2. The van der Waals surface area contributed by atoms with Crippen LogP contribution in [0, 0.1) is 10.1 Å². The van der Waals surface area contributed by atoms with Crippen LogP contribution >= 0.6 is 11.6 Å². The normalized spacial score (nSPS) is 18.8. The predicted molar refractivity (Wildman–Crippen MR) is 93.3 cm³/mol. The average molecular weight is 360 g/mol. The van der Waals surface area contributed by atoms with Crippen LogP contribution in [0.4, 0.5) is 11.4 Å². The fourth-order valence-corrected chi connectivity index (χ4v) is 3.09. The molecule has 1 aliphatic rings. The van der Waals surface area contributed by atoms with Gasteiger partial charge in [0.25, 0.3) is 11.9 Å². The van der Waals surface area contributed by atoms with E-state index >= 15 is 0 Å². The van der Waals surface area contributed by atoms with Crippen molar-refractivity contribution in [2.45, 2.75) is 18.4 Å². The second-order valence-electron chi connectivity index (χ2n) is 5.68. The van der Waals surface area contributed by atoms with Crippen LogP contribution in [0.1, 0.15) is 17.9 Å². The summed E-state index contributed by atoms with van der Waals surface area (Å²) < 4.78 is 0. The Morgan fingerprint density at radius 2 is 1.96 bits per heavy atom. The Hall–Kier alpha value is -2.93. The third-order valence-electron chi connectivity index (χ3n) is 4.01. The van der Waals surface area contributed by atoms with E-state index in [1.807, 2.05) is 6.07 Å². The Kier molecular flexibility index (Phi) is 4.67. The molecule has 0 bridgehead atoms. The first-order valence-electron chi connectivity index (χ1n) is 7.54. The minimum Gasteiger partial charge on any atom is -0.326 e. The molecule has 0 aromatic heterocycles. The number of nitrogens with zero attached hydrogens (tertiary/aromatic N) is 1. The Labute approximate surface area is 148 Å². The van der Waals surface area contributed by atoms with Crippen molar-refractivity contribution < 1.29 is 14.5 Å². The molecular weight excluding hydrogens is 346 g/mol. The highest BCUT2D eigenvalue weighted by atomic mass is 35.5. The van der Waals surface area contributed by atoms with Crippen molar-refractivity contribution in [3.63, 3.8) is 0 Å². The van der Waals surface area contributed by atoms with E-state index in [9.17, 15) is 19.7 Å². The number of nitro groups is 1. The van der Waals surface area contributed by atoms with Gasteiger partial charge in [0.05, 0.1) is 5.92 Å². The van der Waals surface area contributed by atoms with Crippen LogP contribution in [-0.4, -0.2) is 22.8 Å². The average Bonchev–Trinajstić information content (AvgIpc) is 2.54. The van der Waals surface area contributed by atoms with Crippen LogP contribution in [-0.2, 0) is 9.59 Å². The summed E-state index contributed by atoms with van der Waals surface area (Å²) in [6, 6.07) is 11.9. The summed E-state index contributed by atoms with van der Waals surface area (Å²) >= 11 is 5.92. The zero-order valence-electron chi connectivity index (χ0n) is 12.9. The van der Waals surface area contributed by atoms with E-state index in [1.54, 1.807) is 36.4 Å². The second kappa shape index (κ2) is 6.90. The van der Waals surface area contributed by atoms with Crippen molar-refractivity contribution in [3.05, 3.63) is 69.2 Å². The molecular formula is C17H14ClN3O4. The smallest absolute Gasteiger partial charge is 0.299 e. The molecule has 8 heteroatoms. The summed E-state index contributed by atoms with van der Waals surface area (Å²) in [5, 5.41) is 16.9. The van der Waals surface area contributed by atoms with Crippen molar-refractivity contribution in [2.24, 2.45) is 0 Å². The number of nitrogens with one attached hydrogen (secondary N) is 2. The molecule has 0 fully saturated rings. The number of halogens is 1. The zero-order valence-corrected chi connectivity index (χ0v) is 13.7. The fourth-order valence-electron chi connectivity index (χ4n) is 2.92. The van der Waals surface area contributed by atoms with E-state index in [0.717, 1.165) is 0 Å². The SMILES string of the molecule is O=C(CC1c2ccc(Cl)cc2NC(=O)C1[N+](=O)[O-])Nc1ccccc1. The fraction of sp³-hybridized carbons (Fsp3) is 0.176. The lowest BCUT2D eigenvalue weighted by atomic mass is 9.84. The molecule has 128 valence electrons. The molecule has 2 unspecified atom stereocenters. The minimum atomic E-state index is -1.53. The van der Waals surface area contributed by atoms with Gasteiger partial charge in [-0.05, 0) is 29.8 Å². The van der Waals surface area contributed by atoms with Crippen molar-refractivity contribution in [3.8, 4) is 0 Å². The highest BCUT2D eigenvalue weighted by Gasteiger charge is 2.45. The maximum atomic E-state index is 12.3. The molecule has 2 aromatic rings. The van der Waals surface area contributed by atoms with E-state index in [2.05, 4.69) is 10.6 Å². The monoisotopic (exact) mass is 359 g/mol. The first kappa shape index (κ1) is 16.9. The van der Waals surface area contributed by atoms with Gasteiger partial charge in [-0.15, -0.1) is 0 Å². The highest BCUT2D eigenvalue weighted by Crippen LogP contribution is 2.37. The quantitative estimate of drug-likeness (QED) is 0.647. The maximum Gasteiger partial charge on any atom is 0.299 e. The number of carbonyl (C=O) groups is 2. The standard InChI is InChI=1S/C17H14ClN3O4/c18-10-6-7-12-13(9-15(22)19-11-4-2-1-3-5-11)16(21(24)25)17(23)20-14(12)8-10/h1-8,13,16H,9H2,(H,19,22)(H,20,23). The molecule has 2 amide bonds. The topological polar surface area (TPSA) is 101 Å². The molecule has 2 atom stereocenters. The minimum absolute atomic E-state index is 0.192. The summed E-state index contributed by atoms with van der Waals surface area (Å²) in [6.45, 7) is 0. The molecule has 2 aromatic carbocycles. The van der Waals surface area contributed by atoms with Gasteiger partial charge >= 0.3 is 0 Å². The van der Waals surface area contributed by atoms with Gasteiger partial charge in [-0.3, -0.25) is 19.7 Å². The lowest BCUT2D eigenvalue weighted by Crippen LogP contribution is -2.44. The van der Waals surface area contributed by atoms with Crippen molar-refractivity contribution in [1.82, 2.24) is 0 Å². The predicted octanol–water partition coefficient (Wildman–Crippen LogP) is 3.05. The van der Waals surface area contributed by atoms with Crippen LogP contribution in [0.5, 0.6) is 0 Å². The van der Waals surface area contributed by atoms with Crippen molar-refractivity contribution >= 4 is 34.8 Å². The van der Waals surface area contributed by atoms with Gasteiger partial charge in [-0.1, -0.05) is 35.9 Å². The number of rotatable bonds is 4. The van der Waals surface area contributed by atoms with Crippen LogP contribution in [0.15, 0.2) is 48.5 Å². The molecule has 0 aliphatic carbocycles. The van der Waals surface area contributed by atoms with Gasteiger partial charge in [-0.25, -0.2) is 0 Å². The lowest BCUT2D eigenvalue weighted by molar-refractivity contribution is -0.511. The molecule has 1 aliphatic heterocycles. The number of benzene rings is 2. The van der Waals surface area contributed by atoms with Gasteiger partial charge in [0.15, 0.2) is 0 Å². The summed E-state index contributed by atoms with van der Waals surface area (Å²) in [6.07, 6.45) is -0.192. The van der Waals surface area contributed by atoms with Gasteiger partial charge in [-0.2, -0.15) is 0 Å². The van der Waals surface area contributed by atoms with Gasteiger partial charge in [0.1, 0.15) is 0 Å². The van der Waals surface area contributed by atoms with Crippen molar-refractivity contribution in [1.29, 1.82) is 0 Å². The van der Waals surface area contributed by atoms with Crippen LogP contribution in [0.2, 0.25) is 5.02 Å². The number of hydrogen-bond donors (Lipinski definition) is 2. The molecule has 25 heavy (non-hydrogen) atoms. The van der Waals surface area contributed by atoms with Gasteiger partial charge in [0, 0.05) is 27.7 Å². The Morgan fingerprint density at radius 3 is 2.64 bits per heavy atom. The third kappa shape index (κ3) is 3.61. The Morgan fingerprint density at radius 1 is 1.24 bits per heavy atom. The molecule has 0 radical (unpaired) electrons. The summed E-state index contributed by atoms with van der Waals surface area (Å²) in [5.41, 5.74) is 1.50. The lowest BCUT2D eigenvalue weighted by Gasteiger charge is -2.27. The second-order valence-corrected chi connectivity index (χ2v) is 6.11. The number of para-hydroxylation sites is 1. The number of carbonyl (C=O) groups excluding carboxylic acids is 2. The van der Waals surface area contributed by atoms with Gasteiger partial charge in [0.2, 0.25) is 5.91 Å². The maximum absolute atomic E-state index is 12.3. The Balaban J connectivity index is 1.89. The summed E-state index contributed by atoms with van der Waals surface area (Å²) in [4.78, 5) is 35.2. The zero-order chi connectivity index (χ0) is 18.0. The number of fused-ring (bicyclic) bond motifs is 1. The van der Waals surface area contributed by atoms with Crippen LogP contribution < -0.4 is 10.6 Å². The summed E-state index contributed by atoms with van der Waals surface area (Å²) in [7, 11) is 0. The number of hydrogen-bond acceptors (Lipinski definition) is 4. The molecule has 0 saturated carbocycles. The van der Waals surface area contributed by atoms with E-state index in [-0.39, 0.29) is 6.42 Å². The molecule has 3 rings (SSSR count). The molecule has 2 N–H and O–H groups in total. The molecule has 1 heterocycles. The van der Waals surface area contributed by atoms with Gasteiger partial charge < -0.3 is 10.6 Å². The first-order valence-corrected chi connectivity index (χ1v) is 7.92. The summed E-state index contributed by atoms with van der Waals surface area (Å²) in [5.74, 6) is -2.03. The van der Waals surface area contributed by atoms with E-state index in [1.165, 1.54) is 6.07 Å². The van der Waals surface area contributed by atoms with Crippen molar-refractivity contribution in [2.75, 3.05) is 10.6 Å². The van der Waals surface area contributed by atoms with Crippen LogP contribution in [0.25, 0.3) is 0 Å². The molecule has 7 nitrogen and oxygen atoms in total. The van der Waals surface area contributed by atoms with Crippen LogP contribution in [0.3, 0.4) is 0 Å². The van der Waals surface area contributed by atoms with E-state index < -0.39 is 28.7 Å². The Bertz CT molecular complexity index is 841. The largest absolute Gasteiger partial charge is 0.326 e. The number of amides is 2. The highest BCUT2D eigenvalue weighted by molar-refractivity contribution is 6.31.